The minimum atomic E-state index is -1.94. The van der Waals surface area contributed by atoms with Crippen LogP contribution in [0.4, 0.5) is 0 Å². The van der Waals surface area contributed by atoms with Crippen molar-refractivity contribution in [3.63, 3.8) is 0 Å². The summed E-state index contributed by atoms with van der Waals surface area (Å²) in [6.07, 6.45) is 0. The number of Topliss-reactive ketones (excluding diaryl/α,β-unsaturated/α-hetero) is 1. The molecule has 80 valence electrons. The zero-order valence-corrected chi connectivity index (χ0v) is 9.27. The normalized spacial score (nSPS) is 12.4. The molecule has 0 aliphatic rings. The summed E-state index contributed by atoms with van der Waals surface area (Å²) in [5, 5.41) is 36.0. The third kappa shape index (κ3) is 1.60. The van der Waals surface area contributed by atoms with Crippen molar-refractivity contribution in [2.45, 2.75) is 20.8 Å². The molecule has 1 atom stereocenters. The van der Waals surface area contributed by atoms with Crippen LogP contribution in [0.2, 0.25) is 0 Å². The summed E-state index contributed by atoms with van der Waals surface area (Å²) < 4.78 is 0. The number of rotatable bonds is 3. The van der Waals surface area contributed by atoms with Gasteiger partial charge in [-0.2, -0.15) is 21.0 Å². The molecule has 0 saturated heterocycles. The van der Waals surface area contributed by atoms with Crippen LogP contribution >= 0.6 is 0 Å². The molecule has 1 unspecified atom stereocenters. The maximum absolute atomic E-state index is 11.3. The monoisotopic (exact) mass is 214 g/mol. The first kappa shape index (κ1) is 13.6. The minimum absolute atomic E-state index is 0.403. The molecule has 0 saturated carbocycles. The molecule has 0 bridgehead atoms. The Bertz CT molecular complexity index is 438. The number of carbonyl (C=O) groups is 1. The maximum atomic E-state index is 11.3. The van der Waals surface area contributed by atoms with Gasteiger partial charge in [-0.1, -0.05) is 6.92 Å². The van der Waals surface area contributed by atoms with Crippen LogP contribution in [0.1, 0.15) is 20.8 Å². The highest BCUT2D eigenvalue weighted by Crippen LogP contribution is 2.44. The molecular weight excluding hydrogens is 204 g/mol. The van der Waals surface area contributed by atoms with E-state index in [9.17, 15) is 4.79 Å². The fraction of sp³-hybridized carbons (Fsp3) is 0.545. The molecule has 5 heteroatoms. The molecule has 5 nitrogen and oxygen atoms in total. The van der Waals surface area contributed by atoms with Crippen molar-refractivity contribution in [2.24, 2.45) is 16.7 Å². The van der Waals surface area contributed by atoms with E-state index in [4.69, 9.17) is 21.0 Å². The quantitative estimate of drug-likeness (QED) is 0.702. The molecule has 0 N–H and O–H groups in total. The van der Waals surface area contributed by atoms with Gasteiger partial charge in [-0.25, -0.2) is 0 Å². The fourth-order valence-electron chi connectivity index (χ4n) is 1.38. The van der Waals surface area contributed by atoms with Crippen LogP contribution in [0, 0.1) is 62.1 Å². The van der Waals surface area contributed by atoms with Crippen molar-refractivity contribution in [1.82, 2.24) is 0 Å². The standard InChI is InChI=1S/C11H10N4O/c1-8(9(2)16)11(6-14,7-15)10(3,4-12)5-13/h8H,1-3H3. The molecule has 0 aromatic rings. The van der Waals surface area contributed by atoms with Crippen molar-refractivity contribution in [3.8, 4) is 24.3 Å². The van der Waals surface area contributed by atoms with Gasteiger partial charge in [0.25, 0.3) is 0 Å². The van der Waals surface area contributed by atoms with Gasteiger partial charge in [-0.05, 0) is 13.8 Å². The molecule has 16 heavy (non-hydrogen) atoms. The Kier molecular flexibility index (Phi) is 3.78. The van der Waals surface area contributed by atoms with Crippen molar-refractivity contribution in [1.29, 1.82) is 21.0 Å². The topological polar surface area (TPSA) is 112 Å². The summed E-state index contributed by atoms with van der Waals surface area (Å²) in [6.45, 7) is 3.80. The third-order valence-electron chi connectivity index (χ3n) is 2.85. The van der Waals surface area contributed by atoms with Crippen LogP contribution in [-0.4, -0.2) is 5.78 Å². The zero-order chi connectivity index (χ0) is 13.0. The van der Waals surface area contributed by atoms with E-state index in [1.165, 1.54) is 20.8 Å². The fourth-order valence-corrected chi connectivity index (χ4v) is 1.38. The second kappa shape index (κ2) is 4.43. The molecule has 0 aromatic carbocycles. The number of nitrogens with zero attached hydrogens (tertiary/aromatic N) is 4. The lowest BCUT2D eigenvalue weighted by Gasteiger charge is -2.31. The lowest BCUT2D eigenvalue weighted by atomic mass is 9.60. The van der Waals surface area contributed by atoms with Crippen LogP contribution in [0.25, 0.3) is 0 Å². The van der Waals surface area contributed by atoms with Crippen molar-refractivity contribution < 1.29 is 4.79 Å². The van der Waals surface area contributed by atoms with E-state index in [2.05, 4.69) is 0 Å². The largest absolute Gasteiger partial charge is 0.300 e. The zero-order valence-electron chi connectivity index (χ0n) is 9.27. The molecule has 0 heterocycles. The Labute approximate surface area is 94.1 Å². The van der Waals surface area contributed by atoms with Crippen LogP contribution in [0.15, 0.2) is 0 Å². The molecule has 0 aliphatic carbocycles. The summed E-state index contributed by atoms with van der Waals surface area (Å²) in [4.78, 5) is 11.3. The molecule has 0 radical (unpaired) electrons. The highest BCUT2D eigenvalue weighted by molar-refractivity contribution is 5.80. The van der Waals surface area contributed by atoms with Crippen LogP contribution in [0.5, 0.6) is 0 Å². The molecule has 0 spiro atoms. The first-order valence-corrected chi connectivity index (χ1v) is 4.50. The first-order valence-electron chi connectivity index (χ1n) is 4.50. The second-order valence-corrected chi connectivity index (χ2v) is 3.71. The van der Waals surface area contributed by atoms with E-state index in [1.807, 2.05) is 0 Å². The van der Waals surface area contributed by atoms with Crippen molar-refractivity contribution >= 4 is 5.78 Å². The van der Waals surface area contributed by atoms with E-state index in [0.717, 1.165) is 0 Å². The third-order valence-corrected chi connectivity index (χ3v) is 2.85. The van der Waals surface area contributed by atoms with Crippen LogP contribution in [-0.2, 0) is 4.79 Å². The minimum Gasteiger partial charge on any atom is -0.300 e. The first-order chi connectivity index (χ1) is 7.35. The summed E-state index contributed by atoms with van der Waals surface area (Å²) in [6, 6.07) is 6.62. The Morgan fingerprint density at radius 3 is 1.62 bits per heavy atom. The lowest BCUT2D eigenvalue weighted by molar-refractivity contribution is -0.123. The number of ketones is 1. The lowest BCUT2D eigenvalue weighted by Crippen LogP contribution is -2.43. The van der Waals surface area contributed by atoms with E-state index < -0.39 is 22.5 Å². The molecular formula is C11H10N4O. The SMILES string of the molecule is CC(=O)C(C)C(C#N)(C#N)C(C)(C#N)C#N. The highest BCUT2D eigenvalue weighted by atomic mass is 16.1. The maximum Gasteiger partial charge on any atom is 0.184 e. The molecule has 0 aromatic heterocycles. The van der Waals surface area contributed by atoms with E-state index in [0.29, 0.717) is 0 Å². The van der Waals surface area contributed by atoms with Gasteiger partial charge in [-0.15, -0.1) is 0 Å². The predicted octanol–water partition coefficient (Wildman–Crippen LogP) is 1.30. The predicted molar refractivity (Wildman–Crippen MR) is 52.8 cm³/mol. The Morgan fingerprint density at radius 1 is 1.06 bits per heavy atom. The van der Waals surface area contributed by atoms with Gasteiger partial charge in [-0.3, -0.25) is 4.79 Å². The van der Waals surface area contributed by atoms with E-state index in [-0.39, 0.29) is 0 Å². The highest BCUT2D eigenvalue weighted by Gasteiger charge is 2.56. The van der Waals surface area contributed by atoms with Gasteiger partial charge >= 0.3 is 0 Å². The van der Waals surface area contributed by atoms with Crippen LogP contribution in [0.3, 0.4) is 0 Å². The Morgan fingerprint density at radius 2 is 1.44 bits per heavy atom. The summed E-state index contributed by atoms with van der Waals surface area (Å²) in [5.74, 6) is -1.40. The summed E-state index contributed by atoms with van der Waals surface area (Å²) >= 11 is 0. The van der Waals surface area contributed by atoms with E-state index in [1.54, 1.807) is 24.3 Å². The molecule has 0 amide bonds. The smallest absolute Gasteiger partial charge is 0.184 e. The summed E-state index contributed by atoms with van der Waals surface area (Å²) in [5.41, 5.74) is -3.77. The number of hydrogen-bond acceptors (Lipinski definition) is 5. The molecule has 0 rings (SSSR count). The van der Waals surface area contributed by atoms with Gasteiger partial charge in [0, 0.05) is 5.92 Å². The van der Waals surface area contributed by atoms with Gasteiger partial charge in [0.05, 0.1) is 24.3 Å². The number of hydrogen-bond donors (Lipinski definition) is 0. The summed E-state index contributed by atoms with van der Waals surface area (Å²) in [7, 11) is 0. The van der Waals surface area contributed by atoms with Gasteiger partial charge in [0.2, 0.25) is 0 Å². The molecule has 0 fully saturated rings. The van der Waals surface area contributed by atoms with Crippen molar-refractivity contribution in [2.75, 3.05) is 0 Å². The van der Waals surface area contributed by atoms with Gasteiger partial charge < -0.3 is 0 Å². The average Bonchev–Trinajstić information content (AvgIpc) is 2.30. The number of carbonyl (C=O) groups excluding carboxylic acids is 1. The van der Waals surface area contributed by atoms with Gasteiger partial charge in [0.15, 0.2) is 10.8 Å². The Balaban J connectivity index is 5.99. The average molecular weight is 214 g/mol. The Hall–Kier alpha value is -2.37. The van der Waals surface area contributed by atoms with E-state index >= 15 is 0 Å². The second-order valence-electron chi connectivity index (χ2n) is 3.71. The molecule has 0 aliphatic heterocycles. The number of nitriles is 4. The van der Waals surface area contributed by atoms with Crippen LogP contribution < -0.4 is 0 Å². The van der Waals surface area contributed by atoms with Crippen molar-refractivity contribution in [3.05, 3.63) is 0 Å². The van der Waals surface area contributed by atoms with Gasteiger partial charge in [0.1, 0.15) is 5.78 Å².